The molecule has 0 bridgehead atoms. The van der Waals surface area contributed by atoms with E-state index in [1.807, 2.05) is 0 Å². The van der Waals surface area contributed by atoms with Gasteiger partial charge in [0.1, 0.15) is 5.65 Å². The first-order chi connectivity index (χ1) is 21.8. The van der Waals surface area contributed by atoms with Gasteiger partial charge in [-0.25, -0.2) is 4.98 Å². The van der Waals surface area contributed by atoms with Crippen LogP contribution in [0.5, 0.6) is 0 Å². The van der Waals surface area contributed by atoms with Gasteiger partial charge in [0.2, 0.25) is 0 Å². The fourth-order valence-electron chi connectivity index (χ4n) is 6.63. The summed E-state index contributed by atoms with van der Waals surface area (Å²) in [6.07, 6.45) is 0. The Morgan fingerprint density at radius 1 is 0.409 bits per heavy atom. The minimum atomic E-state index is -0.734. The van der Waals surface area contributed by atoms with Gasteiger partial charge in [0.05, 0.1) is 16.6 Å². The molecule has 3 heteroatoms. The van der Waals surface area contributed by atoms with E-state index in [9.17, 15) is 0 Å². The largest absolute Gasteiger partial charge is 0.292 e. The second kappa shape index (κ2) is 10.2. The van der Waals surface area contributed by atoms with Gasteiger partial charge in [-0.05, 0) is 75.4 Å². The number of benzene rings is 7. The first kappa shape index (κ1) is 25.2. The molecule has 2 nitrogen and oxygen atoms in total. The van der Waals surface area contributed by atoms with E-state index in [4.69, 9.17) is 4.98 Å². The van der Waals surface area contributed by atoms with Crippen molar-refractivity contribution in [2.24, 2.45) is 0 Å². The van der Waals surface area contributed by atoms with Crippen molar-refractivity contribution in [2.75, 3.05) is 0 Å². The molecule has 2 aromatic heterocycles. The van der Waals surface area contributed by atoms with Gasteiger partial charge in [0, 0.05) is 10.8 Å². The van der Waals surface area contributed by atoms with Crippen LogP contribution in [0.2, 0.25) is 0 Å². The van der Waals surface area contributed by atoms with E-state index in [-0.39, 0.29) is 0 Å². The fraction of sp³-hybridized carbons (Fsp3) is 0. The van der Waals surface area contributed by atoms with Crippen molar-refractivity contribution in [3.63, 3.8) is 0 Å². The summed E-state index contributed by atoms with van der Waals surface area (Å²) in [5.74, 6) is 0. The molecule has 206 valence electrons. The molecular formula is C41H27N2P. The second-order valence-corrected chi connectivity index (χ2v) is 13.5. The van der Waals surface area contributed by atoms with Crippen LogP contribution in [0.3, 0.4) is 0 Å². The van der Waals surface area contributed by atoms with Crippen molar-refractivity contribution in [1.82, 2.24) is 9.38 Å². The topological polar surface area (TPSA) is 17.3 Å². The van der Waals surface area contributed by atoms with Gasteiger partial charge in [-0.2, -0.15) is 0 Å². The van der Waals surface area contributed by atoms with Crippen molar-refractivity contribution in [2.45, 2.75) is 0 Å². The molecule has 9 rings (SSSR count). The third kappa shape index (κ3) is 4.03. The van der Waals surface area contributed by atoms with E-state index in [2.05, 4.69) is 168 Å². The highest BCUT2D eigenvalue weighted by Crippen LogP contribution is 2.37. The Morgan fingerprint density at radius 3 is 1.82 bits per heavy atom. The average Bonchev–Trinajstić information content (AvgIpc) is 3.49. The average molecular weight is 579 g/mol. The second-order valence-electron chi connectivity index (χ2n) is 11.3. The molecule has 0 saturated carbocycles. The Labute approximate surface area is 256 Å². The van der Waals surface area contributed by atoms with Gasteiger partial charge in [-0.15, -0.1) is 0 Å². The lowest BCUT2D eigenvalue weighted by atomic mass is 9.98. The third-order valence-electron chi connectivity index (χ3n) is 8.70. The zero-order chi connectivity index (χ0) is 29.0. The first-order valence-corrected chi connectivity index (χ1v) is 16.3. The number of fused-ring (bicyclic) bond motifs is 9. The zero-order valence-corrected chi connectivity index (χ0v) is 24.8. The smallest absolute Gasteiger partial charge is 0.146 e. The van der Waals surface area contributed by atoms with Gasteiger partial charge < -0.3 is 0 Å². The van der Waals surface area contributed by atoms with Gasteiger partial charge in [-0.1, -0.05) is 140 Å². The molecule has 0 fully saturated rings. The number of nitrogens with zero attached hydrogens (tertiary/aromatic N) is 2. The van der Waals surface area contributed by atoms with E-state index in [0.717, 1.165) is 16.7 Å². The van der Waals surface area contributed by atoms with Crippen LogP contribution in [0, 0.1) is 0 Å². The Bertz CT molecular complexity index is 2460. The Balaban J connectivity index is 1.34. The maximum Gasteiger partial charge on any atom is 0.146 e. The Hall–Kier alpha value is -5.30. The molecule has 7 aromatic carbocycles. The van der Waals surface area contributed by atoms with Crippen LogP contribution >= 0.6 is 7.92 Å². The molecule has 0 N–H and O–H groups in total. The van der Waals surface area contributed by atoms with Crippen LogP contribution < -0.4 is 15.9 Å². The highest BCUT2D eigenvalue weighted by molar-refractivity contribution is 7.79. The maximum absolute atomic E-state index is 5.25. The molecule has 0 unspecified atom stereocenters. The molecule has 0 aliphatic heterocycles. The lowest BCUT2D eigenvalue weighted by molar-refractivity contribution is 1.32. The molecule has 0 spiro atoms. The lowest BCUT2D eigenvalue weighted by Gasteiger charge is -2.19. The van der Waals surface area contributed by atoms with Gasteiger partial charge >= 0.3 is 0 Å². The standard InChI is InChI=1S/C41H27N2P/c1-3-13-32(14-4-1)44(33-15-5-2-6-16-33)34-22-24-38-40(27-34)43-39-26-31(30-20-19-28-11-7-8-12-29(28)25-30)21-23-36(39)35-17-9-10-18-37(35)41(43)42-38/h1-27H. The molecular weight excluding hydrogens is 551 g/mol. The number of aromatic nitrogens is 2. The molecule has 2 heterocycles. The molecule has 0 amide bonds. The summed E-state index contributed by atoms with van der Waals surface area (Å²) < 4.78 is 2.39. The number of pyridine rings is 1. The normalized spacial score (nSPS) is 11.8. The van der Waals surface area contributed by atoms with E-state index in [0.29, 0.717) is 0 Å². The predicted molar refractivity (Wildman–Crippen MR) is 189 cm³/mol. The molecule has 0 aliphatic rings. The van der Waals surface area contributed by atoms with Gasteiger partial charge in [0.15, 0.2) is 0 Å². The summed E-state index contributed by atoms with van der Waals surface area (Å²) in [5, 5.41) is 10.1. The van der Waals surface area contributed by atoms with Crippen molar-refractivity contribution < 1.29 is 0 Å². The van der Waals surface area contributed by atoms with Crippen LogP contribution in [-0.4, -0.2) is 9.38 Å². The summed E-state index contributed by atoms with van der Waals surface area (Å²) in [7, 11) is -0.734. The van der Waals surface area contributed by atoms with Crippen LogP contribution in [0.4, 0.5) is 0 Å². The van der Waals surface area contributed by atoms with Crippen molar-refractivity contribution in [3.8, 4) is 11.1 Å². The SMILES string of the molecule is c1ccc(P(c2ccccc2)c2ccc3nc4c5ccccc5c5ccc(-c6ccc7ccccc7c6)cc5n4c3c2)cc1. The van der Waals surface area contributed by atoms with Crippen molar-refractivity contribution in [3.05, 3.63) is 164 Å². The fourth-order valence-corrected chi connectivity index (χ4v) is 8.94. The highest BCUT2D eigenvalue weighted by Gasteiger charge is 2.20. The predicted octanol–water partition coefficient (Wildman–Crippen LogP) is 9.37. The number of hydrogen-bond donors (Lipinski definition) is 0. The lowest BCUT2D eigenvalue weighted by Crippen LogP contribution is -2.20. The molecule has 0 radical (unpaired) electrons. The summed E-state index contributed by atoms with van der Waals surface area (Å²) in [4.78, 5) is 5.25. The van der Waals surface area contributed by atoms with E-state index >= 15 is 0 Å². The molecule has 0 aliphatic carbocycles. The summed E-state index contributed by atoms with van der Waals surface area (Å²) in [5.41, 5.74) is 6.75. The van der Waals surface area contributed by atoms with Crippen LogP contribution in [0.15, 0.2) is 164 Å². The van der Waals surface area contributed by atoms with Crippen LogP contribution in [0.1, 0.15) is 0 Å². The van der Waals surface area contributed by atoms with Crippen LogP contribution in [0.25, 0.3) is 60.3 Å². The monoisotopic (exact) mass is 578 g/mol. The van der Waals surface area contributed by atoms with Gasteiger partial charge in [-0.3, -0.25) is 4.40 Å². The molecule has 9 aromatic rings. The summed E-state index contributed by atoms with van der Waals surface area (Å²) in [6, 6.07) is 59.6. The third-order valence-corrected chi connectivity index (χ3v) is 11.1. The van der Waals surface area contributed by atoms with Crippen molar-refractivity contribution in [1.29, 1.82) is 0 Å². The first-order valence-electron chi connectivity index (χ1n) is 15.0. The van der Waals surface area contributed by atoms with E-state index in [1.165, 1.54) is 59.5 Å². The minimum Gasteiger partial charge on any atom is -0.292 e. The zero-order valence-electron chi connectivity index (χ0n) is 23.9. The Kier molecular flexibility index (Phi) is 5.82. The van der Waals surface area contributed by atoms with Crippen molar-refractivity contribution >= 4 is 73.0 Å². The summed E-state index contributed by atoms with van der Waals surface area (Å²) >= 11 is 0. The maximum atomic E-state index is 5.25. The quantitative estimate of drug-likeness (QED) is 0.150. The summed E-state index contributed by atoms with van der Waals surface area (Å²) in [6.45, 7) is 0. The minimum absolute atomic E-state index is 0.734. The number of rotatable bonds is 4. The molecule has 0 atom stereocenters. The molecule has 44 heavy (non-hydrogen) atoms. The molecule has 0 saturated heterocycles. The van der Waals surface area contributed by atoms with E-state index < -0.39 is 7.92 Å². The number of hydrogen-bond acceptors (Lipinski definition) is 1. The van der Waals surface area contributed by atoms with Crippen LogP contribution in [-0.2, 0) is 0 Å². The number of imidazole rings is 1. The Morgan fingerprint density at radius 2 is 1.05 bits per heavy atom. The van der Waals surface area contributed by atoms with Gasteiger partial charge in [0.25, 0.3) is 0 Å². The van der Waals surface area contributed by atoms with E-state index in [1.54, 1.807) is 0 Å². The highest BCUT2D eigenvalue weighted by atomic mass is 31.1.